The molecule has 5 aromatic heterocycles. The van der Waals surface area contributed by atoms with Crippen molar-refractivity contribution in [3.63, 3.8) is 0 Å². The fourth-order valence-electron chi connectivity index (χ4n) is 12.0. The first-order chi connectivity index (χ1) is 39.1. The van der Waals surface area contributed by atoms with Crippen LogP contribution in [0.2, 0.25) is 0 Å². The Morgan fingerprint density at radius 2 is 0.823 bits per heavy atom. The zero-order valence-corrected chi connectivity index (χ0v) is 43.1. The van der Waals surface area contributed by atoms with E-state index in [1.165, 1.54) is 0 Å². The fraction of sp³-hybridized carbons (Fsp3) is 0.0141. The largest absolute Gasteiger partial charge is 0.456 e. The van der Waals surface area contributed by atoms with Crippen molar-refractivity contribution < 1.29 is 4.42 Å². The topological polar surface area (TPSA) is 60.2 Å². The number of furan rings is 1. The maximum atomic E-state index is 6.60. The fourth-order valence-corrected chi connectivity index (χ4v) is 12.0. The number of aromatic nitrogens is 5. The van der Waals surface area contributed by atoms with E-state index in [9.17, 15) is 0 Å². The molecule has 0 aliphatic carbocycles. The normalized spacial score (nSPS) is 12.3. The second-order valence-corrected chi connectivity index (χ2v) is 19.8. The van der Waals surface area contributed by atoms with Gasteiger partial charge in [-0.3, -0.25) is 13.7 Å². The molecule has 15 rings (SSSR count). The molecule has 0 spiro atoms. The minimum atomic E-state index is 0.519. The van der Waals surface area contributed by atoms with Crippen LogP contribution in [0.3, 0.4) is 0 Å². The highest BCUT2D eigenvalue weighted by molar-refractivity contribution is 6.17. The van der Waals surface area contributed by atoms with Crippen LogP contribution in [0.1, 0.15) is 6.92 Å². The molecule has 15 aromatic rings. The van der Waals surface area contributed by atoms with Crippen LogP contribution in [0, 0.1) is 0 Å². The third-order valence-electron chi connectivity index (χ3n) is 15.3. The van der Waals surface area contributed by atoms with Crippen LogP contribution < -0.4 is 20.4 Å². The van der Waals surface area contributed by atoms with Crippen LogP contribution in [0.5, 0.6) is 0 Å². The molecule has 0 bridgehead atoms. The van der Waals surface area contributed by atoms with Gasteiger partial charge < -0.3 is 14.2 Å². The Hall–Kier alpha value is -10.7. The summed E-state index contributed by atoms with van der Waals surface area (Å²) in [4.78, 5) is 16.1. The maximum Gasteiger partial charge on any atom is 0.238 e. The van der Waals surface area contributed by atoms with Crippen LogP contribution in [0.15, 0.2) is 266 Å². The van der Waals surface area contributed by atoms with Gasteiger partial charge >= 0.3 is 0 Å². The summed E-state index contributed by atoms with van der Waals surface area (Å²) < 4.78 is 13.4. The van der Waals surface area contributed by atoms with Gasteiger partial charge in [0.15, 0.2) is 0 Å². The van der Waals surface area contributed by atoms with Crippen molar-refractivity contribution in [3.8, 4) is 17.6 Å². The second kappa shape index (κ2) is 18.5. The smallest absolute Gasteiger partial charge is 0.238 e. The Kier molecular flexibility index (Phi) is 10.7. The molecule has 374 valence electrons. The number of fused-ring (bicyclic) bond motifs is 10. The van der Waals surface area contributed by atoms with Gasteiger partial charge in [-0.1, -0.05) is 152 Å². The first-order valence-electron chi connectivity index (χ1n) is 26.6. The van der Waals surface area contributed by atoms with E-state index < -0.39 is 0 Å². The Labute approximate surface area is 454 Å². The Bertz CT molecular complexity index is 4920. The molecule has 0 saturated heterocycles. The lowest BCUT2D eigenvalue weighted by molar-refractivity contribution is 0.669. The lowest BCUT2D eigenvalue weighted by atomic mass is 10.1. The molecule has 0 aliphatic heterocycles. The van der Waals surface area contributed by atoms with Crippen molar-refractivity contribution in [2.75, 3.05) is 9.80 Å². The predicted molar refractivity (Wildman–Crippen MR) is 328 cm³/mol. The first kappa shape index (κ1) is 45.7. The van der Waals surface area contributed by atoms with Gasteiger partial charge in [0.2, 0.25) is 5.95 Å². The second-order valence-electron chi connectivity index (χ2n) is 19.8. The molecular weight excluding hydrogens is 967 g/mol. The zero-order valence-electron chi connectivity index (χ0n) is 43.1. The molecular formula is C71H49N7O. The van der Waals surface area contributed by atoms with Gasteiger partial charge in [0.25, 0.3) is 0 Å². The summed E-state index contributed by atoms with van der Waals surface area (Å²) in [6.45, 7) is 6.34. The molecule has 0 unspecified atom stereocenters. The van der Waals surface area contributed by atoms with Gasteiger partial charge in [0, 0.05) is 89.2 Å². The Morgan fingerprint density at radius 3 is 1.38 bits per heavy atom. The summed E-state index contributed by atoms with van der Waals surface area (Å²) in [5.41, 5.74) is 12.9. The summed E-state index contributed by atoms with van der Waals surface area (Å²) in [5.74, 6) is 1.94. The molecule has 0 radical (unpaired) electrons. The van der Waals surface area contributed by atoms with Crippen molar-refractivity contribution in [1.82, 2.24) is 23.7 Å². The van der Waals surface area contributed by atoms with E-state index in [1.54, 1.807) is 0 Å². The highest BCUT2D eigenvalue weighted by Crippen LogP contribution is 2.42. The number of hydrogen-bond acceptors (Lipinski definition) is 5. The number of rotatable bonds is 10. The molecule has 8 heteroatoms. The molecule has 5 heterocycles. The zero-order chi connectivity index (χ0) is 52.6. The number of anilines is 6. The lowest BCUT2D eigenvalue weighted by Gasteiger charge is -2.25. The molecule has 0 fully saturated rings. The first-order valence-corrected chi connectivity index (χ1v) is 26.6. The quantitative estimate of drug-likeness (QED) is 0.137. The van der Waals surface area contributed by atoms with Gasteiger partial charge in [-0.05, 0) is 116 Å². The van der Waals surface area contributed by atoms with Gasteiger partial charge in [-0.2, -0.15) is 9.97 Å². The van der Waals surface area contributed by atoms with Crippen molar-refractivity contribution in [3.05, 3.63) is 272 Å². The van der Waals surface area contributed by atoms with Crippen molar-refractivity contribution in [2.45, 2.75) is 6.92 Å². The highest BCUT2D eigenvalue weighted by Gasteiger charge is 2.24. The summed E-state index contributed by atoms with van der Waals surface area (Å²) in [5, 5.41) is 9.60. The average Bonchev–Trinajstić information content (AvgIpc) is 4.39. The van der Waals surface area contributed by atoms with E-state index in [4.69, 9.17) is 14.4 Å². The summed E-state index contributed by atoms with van der Waals surface area (Å²) in [6, 6.07) is 87.7. The number of allylic oxidation sites excluding steroid dienone is 1. The molecule has 10 aromatic carbocycles. The number of hydrogen-bond donors (Lipinski definition) is 0. The monoisotopic (exact) mass is 1020 g/mol. The Balaban J connectivity index is 1.02. The van der Waals surface area contributed by atoms with Crippen molar-refractivity contribution in [2.24, 2.45) is 0 Å². The predicted octanol–water partition coefficient (Wildman–Crippen LogP) is 17.2. The minimum absolute atomic E-state index is 0.519. The third-order valence-corrected chi connectivity index (χ3v) is 15.3. The van der Waals surface area contributed by atoms with E-state index in [0.29, 0.717) is 17.6 Å². The summed E-state index contributed by atoms with van der Waals surface area (Å²) in [7, 11) is 0. The average molecular weight is 1020 g/mol. The van der Waals surface area contributed by atoms with E-state index in [0.717, 1.165) is 121 Å². The minimum Gasteiger partial charge on any atom is -0.456 e. The van der Waals surface area contributed by atoms with Crippen LogP contribution in [0.4, 0.5) is 34.1 Å². The van der Waals surface area contributed by atoms with E-state index >= 15 is 0 Å². The molecule has 0 atom stereocenters. The number of benzene rings is 10. The SMILES string of the molecule is C=C/C=c1\c(=C/C)n(-c2cc(-n3c4ccccc4c4cc(N(c5ccccc5)c5ccccc5)ccc43)nc(-n3c4ccccc4c4cc5c(cc43)oc3ccccc35)n2)c2ccc(N(c3ccccc3)c3ccccc3)cc12. The van der Waals surface area contributed by atoms with Crippen molar-refractivity contribution in [1.29, 1.82) is 0 Å². The number of para-hydroxylation sites is 7. The van der Waals surface area contributed by atoms with Gasteiger partial charge in [0.05, 0.1) is 32.9 Å². The number of nitrogens with zero attached hydrogens (tertiary/aromatic N) is 7. The molecule has 0 aliphatic rings. The van der Waals surface area contributed by atoms with E-state index in [-0.39, 0.29) is 0 Å². The van der Waals surface area contributed by atoms with Crippen LogP contribution in [-0.4, -0.2) is 23.7 Å². The molecule has 0 N–H and O–H groups in total. The van der Waals surface area contributed by atoms with Gasteiger partial charge in [0.1, 0.15) is 22.8 Å². The summed E-state index contributed by atoms with van der Waals surface area (Å²) >= 11 is 0. The Morgan fingerprint density at radius 1 is 0.367 bits per heavy atom. The molecule has 0 amide bonds. The van der Waals surface area contributed by atoms with E-state index in [1.807, 2.05) is 18.2 Å². The van der Waals surface area contributed by atoms with Crippen molar-refractivity contribution >= 4 is 123 Å². The molecule has 0 saturated carbocycles. The molecule has 79 heavy (non-hydrogen) atoms. The highest BCUT2D eigenvalue weighted by atomic mass is 16.3. The maximum absolute atomic E-state index is 6.60. The van der Waals surface area contributed by atoms with Gasteiger partial charge in [-0.25, -0.2) is 0 Å². The third kappa shape index (κ3) is 7.37. The van der Waals surface area contributed by atoms with Crippen LogP contribution in [-0.2, 0) is 0 Å². The van der Waals surface area contributed by atoms with Crippen LogP contribution in [0.25, 0.3) is 106 Å². The summed E-state index contributed by atoms with van der Waals surface area (Å²) in [6.07, 6.45) is 6.16. The lowest BCUT2D eigenvalue weighted by Crippen LogP contribution is -2.28. The standard InChI is InChI=1S/C71H49N7O/c1-3-23-53-57-42-51(74(47-24-9-5-10-25-47)48-26-11-6-12-27-48)38-40-64(57)76(61(53)4-2)69-46-70(73-71(72-69)78-63-36-21-18-33-55(63)59-44-60-56-34-19-22-37-67(56)79-68(60)45-66(59)78)77-62-35-20-17-32-54(62)58-43-52(39-41-65(58)77)75(49-28-13-7-14-29-49)50-30-15-8-16-31-50/h3-46H,1H2,2H3/b53-23-,61-4+. The van der Waals surface area contributed by atoms with Crippen LogP contribution >= 0.6 is 0 Å². The molecule has 8 nitrogen and oxygen atoms in total. The van der Waals surface area contributed by atoms with Gasteiger partial charge in [-0.15, -0.1) is 0 Å². The van der Waals surface area contributed by atoms with E-state index in [2.05, 4.69) is 286 Å².